The van der Waals surface area contributed by atoms with E-state index >= 15 is 0 Å². The number of rotatable bonds is 3. The first-order chi connectivity index (χ1) is 9.29. The number of benzene rings is 1. The summed E-state index contributed by atoms with van der Waals surface area (Å²) in [5.41, 5.74) is 1.15. The molecule has 2 aromatic rings. The van der Waals surface area contributed by atoms with E-state index in [1.807, 2.05) is 0 Å². The number of aromatic nitrogens is 2. The maximum atomic E-state index is 13.8. The molecule has 19 heavy (non-hydrogen) atoms. The van der Waals surface area contributed by atoms with Gasteiger partial charge in [-0.2, -0.15) is 0 Å². The van der Waals surface area contributed by atoms with E-state index in [9.17, 15) is 4.39 Å². The first kappa shape index (κ1) is 13.5. The molecule has 0 radical (unpaired) electrons. The van der Waals surface area contributed by atoms with Crippen molar-refractivity contribution in [3.05, 3.63) is 53.7 Å². The van der Waals surface area contributed by atoms with Crippen LogP contribution >= 0.6 is 11.8 Å². The summed E-state index contributed by atoms with van der Waals surface area (Å²) >= 11 is 1.44. The van der Waals surface area contributed by atoms with Crippen LogP contribution in [0.15, 0.2) is 41.8 Å². The second-order valence-corrected chi connectivity index (χ2v) is 4.60. The highest BCUT2D eigenvalue weighted by molar-refractivity contribution is 7.98. The molecule has 0 spiro atoms. The van der Waals surface area contributed by atoms with Crippen molar-refractivity contribution in [1.82, 2.24) is 9.97 Å². The zero-order valence-electron chi connectivity index (χ0n) is 10.0. The van der Waals surface area contributed by atoms with Crippen molar-refractivity contribution < 1.29 is 9.50 Å². The van der Waals surface area contributed by atoms with E-state index in [1.54, 1.807) is 24.4 Å². The van der Waals surface area contributed by atoms with Gasteiger partial charge in [0.05, 0.1) is 5.03 Å². The zero-order chi connectivity index (χ0) is 13.5. The highest BCUT2D eigenvalue weighted by atomic mass is 32.2. The van der Waals surface area contributed by atoms with Crippen molar-refractivity contribution in [1.29, 1.82) is 0 Å². The first-order valence-electron chi connectivity index (χ1n) is 5.56. The molecule has 0 fully saturated rings. The maximum Gasteiger partial charge on any atom is 0.128 e. The molecule has 1 heterocycles. The van der Waals surface area contributed by atoms with E-state index in [2.05, 4.69) is 21.8 Å². The molecule has 0 atom stereocenters. The van der Waals surface area contributed by atoms with Gasteiger partial charge in [0.15, 0.2) is 0 Å². The molecule has 0 saturated carbocycles. The second kappa shape index (κ2) is 6.88. The minimum absolute atomic E-state index is 0.229. The summed E-state index contributed by atoms with van der Waals surface area (Å²) in [5, 5.41) is 9.38. The van der Waals surface area contributed by atoms with E-state index in [4.69, 9.17) is 5.11 Å². The zero-order valence-corrected chi connectivity index (χ0v) is 10.8. The van der Waals surface area contributed by atoms with Crippen LogP contribution in [0.3, 0.4) is 0 Å². The molecule has 2 rings (SSSR count). The smallest absolute Gasteiger partial charge is 0.128 e. The lowest BCUT2D eigenvalue weighted by Gasteiger charge is -2.03. The fraction of sp³-hybridized carbons (Fsp3) is 0.143. The molecule has 3 nitrogen and oxygen atoms in total. The van der Waals surface area contributed by atoms with Gasteiger partial charge in [-0.15, -0.1) is 11.8 Å². The molecule has 0 saturated heterocycles. The number of aliphatic hydroxyl groups is 1. The summed E-state index contributed by atoms with van der Waals surface area (Å²) in [6, 6.07) is 6.59. The quantitative estimate of drug-likeness (QED) is 0.530. The van der Waals surface area contributed by atoms with Crippen LogP contribution in [0, 0.1) is 17.7 Å². The number of thioether (sulfide) groups is 1. The Hall–Kier alpha value is -1.90. The fourth-order valence-corrected chi connectivity index (χ4v) is 2.22. The molecule has 0 aliphatic heterocycles. The van der Waals surface area contributed by atoms with Gasteiger partial charge in [-0.1, -0.05) is 17.9 Å². The molecule has 0 bridgehead atoms. The summed E-state index contributed by atoms with van der Waals surface area (Å²) in [4.78, 5) is 7.88. The molecule has 0 unspecified atom stereocenters. The summed E-state index contributed by atoms with van der Waals surface area (Å²) in [5.74, 6) is 5.35. The predicted molar refractivity (Wildman–Crippen MR) is 72.0 cm³/mol. The molecule has 1 N–H and O–H groups in total. The molecule has 1 aromatic heterocycles. The van der Waals surface area contributed by atoms with Crippen LogP contribution in [-0.2, 0) is 5.75 Å². The SMILES string of the molecule is OCC#Cc1ccc(CSc2ccncn2)c(F)c1. The lowest BCUT2D eigenvalue weighted by Crippen LogP contribution is -1.90. The Kier molecular flexibility index (Phi) is 4.90. The molecular weight excluding hydrogens is 263 g/mol. The first-order valence-corrected chi connectivity index (χ1v) is 6.55. The summed E-state index contributed by atoms with van der Waals surface area (Å²) < 4.78 is 13.8. The molecule has 5 heteroatoms. The Morgan fingerprint density at radius 2 is 2.21 bits per heavy atom. The lowest BCUT2D eigenvalue weighted by molar-refractivity contribution is 0.350. The van der Waals surface area contributed by atoms with Gasteiger partial charge >= 0.3 is 0 Å². The minimum Gasteiger partial charge on any atom is -0.384 e. The third-order valence-corrected chi connectivity index (χ3v) is 3.29. The number of hydrogen-bond donors (Lipinski definition) is 1. The van der Waals surface area contributed by atoms with E-state index in [0.717, 1.165) is 5.03 Å². The molecule has 0 aliphatic rings. The van der Waals surface area contributed by atoms with Crippen LogP contribution in [0.5, 0.6) is 0 Å². The number of aliphatic hydroxyl groups excluding tert-OH is 1. The van der Waals surface area contributed by atoms with Gasteiger partial charge in [0.25, 0.3) is 0 Å². The molecule has 1 aromatic carbocycles. The van der Waals surface area contributed by atoms with E-state index < -0.39 is 0 Å². The Morgan fingerprint density at radius 3 is 2.89 bits per heavy atom. The molecule has 0 amide bonds. The number of hydrogen-bond acceptors (Lipinski definition) is 4. The largest absolute Gasteiger partial charge is 0.384 e. The van der Waals surface area contributed by atoms with Crippen molar-refractivity contribution >= 4 is 11.8 Å². The van der Waals surface area contributed by atoms with Gasteiger partial charge in [0.2, 0.25) is 0 Å². The standard InChI is InChI=1S/C14H11FN2OS/c15-13-8-11(2-1-7-18)3-4-12(13)9-19-14-5-6-16-10-17-14/h3-6,8,10,18H,7,9H2. The summed E-state index contributed by atoms with van der Waals surface area (Å²) in [7, 11) is 0. The van der Waals surface area contributed by atoms with Crippen molar-refractivity contribution in [3.8, 4) is 11.8 Å². The van der Waals surface area contributed by atoms with Gasteiger partial charge in [-0.3, -0.25) is 0 Å². The van der Waals surface area contributed by atoms with E-state index in [-0.39, 0.29) is 12.4 Å². The summed E-state index contributed by atoms with van der Waals surface area (Å²) in [6.45, 7) is -0.229. The minimum atomic E-state index is -0.300. The normalized spacial score (nSPS) is 9.79. The molecular formula is C14H11FN2OS. The van der Waals surface area contributed by atoms with Crippen LogP contribution in [0.25, 0.3) is 0 Å². The van der Waals surface area contributed by atoms with Crippen LogP contribution in [0.2, 0.25) is 0 Å². The second-order valence-electron chi connectivity index (χ2n) is 3.60. The Morgan fingerprint density at radius 1 is 1.32 bits per heavy atom. The van der Waals surface area contributed by atoms with Crippen molar-refractivity contribution in [2.75, 3.05) is 6.61 Å². The maximum absolute atomic E-state index is 13.8. The van der Waals surface area contributed by atoms with Crippen LogP contribution in [-0.4, -0.2) is 21.7 Å². The Labute approximate surface area is 114 Å². The van der Waals surface area contributed by atoms with Crippen molar-refractivity contribution in [3.63, 3.8) is 0 Å². The van der Waals surface area contributed by atoms with Gasteiger partial charge in [0.1, 0.15) is 18.8 Å². The van der Waals surface area contributed by atoms with Crippen LogP contribution < -0.4 is 0 Å². The van der Waals surface area contributed by atoms with Gasteiger partial charge in [-0.25, -0.2) is 14.4 Å². The fourth-order valence-electron chi connectivity index (χ4n) is 1.40. The van der Waals surface area contributed by atoms with E-state index in [0.29, 0.717) is 16.9 Å². The Bertz CT molecular complexity index is 608. The summed E-state index contributed by atoms with van der Waals surface area (Å²) in [6.07, 6.45) is 3.12. The van der Waals surface area contributed by atoms with Gasteiger partial charge < -0.3 is 5.11 Å². The third kappa shape index (κ3) is 4.05. The average Bonchev–Trinajstić information content (AvgIpc) is 2.45. The van der Waals surface area contributed by atoms with Crippen molar-refractivity contribution in [2.45, 2.75) is 10.8 Å². The lowest BCUT2D eigenvalue weighted by atomic mass is 10.1. The number of halogens is 1. The average molecular weight is 274 g/mol. The van der Waals surface area contributed by atoms with Crippen molar-refractivity contribution in [2.24, 2.45) is 0 Å². The monoisotopic (exact) mass is 274 g/mol. The highest BCUT2D eigenvalue weighted by Gasteiger charge is 2.04. The van der Waals surface area contributed by atoms with Crippen LogP contribution in [0.4, 0.5) is 4.39 Å². The van der Waals surface area contributed by atoms with Crippen LogP contribution in [0.1, 0.15) is 11.1 Å². The predicted octanol–water partition coefficient (Wildman–Crippen LogP) is 2.25. The third-order valence-electron chi connectivity index (χ3n) is 2.30. The topological polar surface area (TPSA) is 46.0 Å². The Balaban J connectivity index is 2.05. The van der Waals surface area contributed by atoms with E-state index in [1.165, 1.54) is 24.2 Å². The highest BCUT2D eigenvalue weighted by Crippen LogP contribution is 2.22. The van der Waals surface area contributed by atoms with Gasteiger partial charge in [0, 0.05) is 17.5 Å². The molecule has 96 valence electrons. The molecule has 0 aliphatic carbocycles. The van der Waals surface area contributed by atoms with Gasteiger partial charge in [-0.05, 0) is 23.8 Å². The number of nitrogens with zero attached hydrogens (tertiary/aromatic N) is 2.